The van der Waals surface area contributed by atoms with Gasteiger partial charge < -0.3 is 46.3 Å². The van der Waals surface area contributed by atoms with E-state index in [1.54, 1.807) is 0 Å². The molecule has 0 aliphatic heterocycles. The smallest absolute Gasteiger partial charge is 0.409 e. The maximum Gasteiger partial charge on any atom is 0.530 e. The van der Waals surface area contributed by atoms with Crippen LogP contribution in [-0.2, 0) is 40.2 Å². The minimum absolute atomic E-state index is 0. The van der Waals surface area contributed by atoms with Crippen molar-refractivity contribution in [3.8, 4) is 34.5 Å². The first-order chi connectivity index (χ1) is 25.8. The van der Waals surface area contributed by atoms with Crippen LogP contribution in [0.1, 0.15) is 0 Å². The third-order valence-electron chi connectivity index (χ3n) is 5.54. The van der Waals surface area contributed by atoms with Gasteiger partial charge >= 0.3 is 17.2 Å². The molecule has 13 heteroatoms. The zero-order valence-electron chi connectivity index (χ0n) is 28.5. The normalized spacial score (nSPS) is 8.79. The zero-order chi connectivity index (χ0) is 38.1. The van der Waals surface area contributed by atoms with Crippen LogP contribution in [0.4, 0.5) is 0 Å². The second-order valence-corrected chi connectivity index (χ2v) is 10.9. The third-order valence-corrected chi connectivity index (χ3v) is 7.70. The fraction of sp³-hybridized carbons (Fsp3) is 0. The van der Waals surface area contributed by atoms with E-state index in [0.717, 1.165) is 0 Å². The van der Waals surface area contributed by atoms with Gasteiger partial charge in [-0.2, -0.15) is 0 Å². The molecule has 0 amide bonds. The summed E-state index contributed by atoms with van der Waals surface area (Å²) in [5.74, 6) is 4.25. The molecule has 6 aromatic rings. The quantitative estimate of drug-likeness (QED) is 0.0869. The van der Waals surface area contributed by atoms with E-state index in [9.17, 15) is 0 Å². The molecule has 0 saturated heterocycles. The Kier molecular flexibility index (Phi) is 28.8. The Morgan fingerprint density at radius 1 is 0.245 bits per heavy atom. The summed E-state index contributed by atoms with van der Waals surface area (Å²) in [6.07, 6.45) is 0. The molecule has 0 fully saturated rings. The van der Waals surface area contributed by atoms with Gasteiger partial charge in [0.1, 0.15) is 61.7 Å². The first kappa shape index (κ1) is 47.3. The topological polar surface area (TPSA) is 124 Å². The molecule has 0 unspecified atom stereocenters. The van der Waals surface area contributed by atoms with Crippen LogP contribution in [0.3, 0.4) is 0 Å². The summed E-state index contributed by atoms with van der Waals surface area (Å²) in [6.45, 7) is 8.00. The molecule has 0 heterocycles. The van der Waals surface area contributed by atoms with Crippen LogP contribution in [0.5, 0.6) is 34.5 Å². The minimum Gasteiger partial charge on any atom is -0.409 e. The van der Waals surface area contributed by atoms with Crippen molar-refractivity contribution in [3.63, 3.8) is 0 Å². The Bertz CT molecular complexity index is 1350. The van der Waals surface area contributed by atoms with Crippen LogP contribution in [0.15, 0.2) is 182 Å². The van der Waals surface area contributed by atoms with E-state index in [4.69, 9.17) is 46.3 Å². The van der Waals surface area contributed by atoms with Gasteiger partial charge in [-0.15, -0.1) is 0 Å². The van der Waals surface area contributed by atoms with Crippen molar-refractivity contribution < 1.29 is 67.4 Å². The molecule has 0 spiro atoms. The van der Waals surface area contributed by atoms with Crippen LogP contribution in [0.25, 0.3) is 0 Å². The Labute approximate surface area is 326 Å². The molecule has 10 nitrogen and oxygen atoms in total. The van der Waals surface area contributed by atoms with Crippen LogP contribution in [-0.4, -0.2) is 27.2 Å². The van der Waals surface area contributed by atoms with E-state index in [1.165, 1.54) is 0 Å². The summed E-state index contributed by atoms with van der Waals surface area (Å²) in [6, 6.07) is 57.0. The SMILES string of the molecule is C=O.C=O.C=O.C=O.[Mo].c1ccc(OP(Oc2ccccc2)Oc2ccccc2)cc1.c1ccc(OP(Oc2ccccc2)Oc2ccccc2)cc1. The van der Waals surface area contributed by atoms with Gasteiger partial charge in [0.15, 0.2) is 0 Å². The van der Waals surface area contributed by atoms with Crippen LogP contribution in [0, 0.1) is 0 Å². The van der Waals surface area contributed by atoms with E-state index in [-0.39, 0.29) is 21.1 Å². The molecule has 6 rings (SSSR count). The second kappa shape index (κ2) is 32.3. The van der Waals surface area contributed by atoms with Crippen molar-refractivity contribution >= 4 is 44.4 Å². The molecule has 6 aromatic carbocycles. The maximum absolute atomic E-state index is 8.00. The molecular formula is C40H38MoO10P2. The van der Waals surface area contributed by atoms with Crippen molar-refractivity contribution in [2.45, 2.75) is 0 Å². The molecule has 274 valence electrons. The zero-order valence-corrected chi connectivity index (χ0v) is 32.3. The molecule has 0 bridgehead atoms. The molecule has 0 radical (unpaired) electrons. The van der Waals surface area contributed by atoms with Crippen molar-refractivity contribution in [2.24, 2.45) is 0 Å². The van der Waals surface area contributed by atoms with Gasteiger partial charge in [-0.1, -0.05) is 109 Å². The Morgan fingerprint density at radius 3 is 0.472 bits per heavy atom. The first-order valence-corrected chi connectivity index (χ1v) is 17.1. The summed E-state index contributed by atoms with van der Waals surface area (Å²) < 4.78 is 35.1. The van der Waals surface area contributed by atoms with Gasteiger partial charge in [-0.25, -0.2) is 0 Å². The predicted octanol–water partition coefficient (Wildman–Crippen LogP) is 10.2. The van der Waals surface area contributed by atoms with Gasteiger partial charge in [-0.3, -0.25) is 0 Å². The number of carbonyl (C=O) groups is 4. The fourth-order valence-electron chi connectivity index (χ4n) is 3.52. The number of para-hydroxylation sites is 6. The largest absolute Gasteiger partial charge is 0.530 e. The molecule has 0 aliphatic carbocycles. The van der Waals surface area contributed by atoms with Gasteiger partial charge in [0.25, 0.3) is 0 Å². The maximum atomic E-state index is 8.00. The van der Waals surface area contributed by atoms with E-state index >= 15 is 0 Å². The average Bonchev–Trinajstić information content (AvgIpc) is 3.23. The van der Waals surface area contributed by atoms with Crippen molar-refractivity contribution in [1.29, 1.82) is 0 Å². The second-order valence-electron chi connectivity index (χ2n) is 8.87. The molecule has 0 N–H and O–H groups in total. The van der Waals surface area contributed by atoms with E-state index < -0.39 is 17.2 Å². The molecule has 0 aliphatic rings. The van der Waals surface area contributed by atoms with E-state index in [1.807, 2.05) is 209 Å². The monoisotopic (exact) mass is 838 g/mol. The summed E-state index contributed by atoms with van der Waals surface area (Å²) in [7, 11) is -3.18. The fourth-order valence-corrected chi connectivity index (χ4v) is 5.50. The molecule has 0 atom stereocenters. The average molecular weight is 837 g/mol. The third kappa shape index (κ3) is 20.7. The van der Waals surface area contributed by atoms with Crippen LogP contribution in [0.2, 0.25) is 0 Å². The molecular weight excluding hydrogens is 798 g/mol. The number of hydrogen-bond donors (Lipinski definition) is 0. The molecule has 0 aromatic heterocycles. The van der Waals surface area contributed by atoms with Crippen LogP contribution >= 0.6 is 17.2 Å². The molecule has 0 saturated carbocycles. The van der Waals surface area contributed by atoms with Crippen LogP contribution < -0.4 is 27.1 Å². The summed E-state index contributed by atoms with van der Waals surface area (Å²) >= 11 is 0. The van der Waals surface area contributed by atoms with Gasteiger partial charge in [0, 0.05) is 21.1 Å². The van der Waals surface area contributed by atoms with Crippen molar-refractivity contribution in [3.05, 3.63) is 182 Å². The van der Waals surface area contributed by atoms with Gasteiger partial charge in [0.05, 0.1) is 0 Å². The van der Waals surface area contributed by atoms with Crippen molar-refractivity contribution in [1.82, 2.24) is 0 Å². The Morgan fingerprint density at radius 2 is 0.358 bits per heavy atom. The summed E-state index contributed by atoms with van der Waals surface area (Å²) in [5.41, 5.74) is 0. The number of carbonyl (C=O) groups excluding carboxylic acids is 4. The van der Waals surface area contributed by atoms with Gasteiger partial charge in [0.2, 0.25) is 0 Å². The number of benzene rings is 6. The Balaban J connectivity index is 0.000000846. The van der Waals surface area contributed by atoms with E-state index in [0.29, 0.717) is 34.5 Å². The first-order valence-electron chi connectivity index (χ1n) is 14.9. The Hall–Kier alpha value is -5.65. The molecule has 53 heavy (non-hydrogen) atoms. The van der Waals surface area contributed by atoms with E-state index in [2.05, 4.69) is 0 Å². The number of rotatable bonds is 12. The standard InChI is InChI=1S/2C18H15O3P.4CH2O.Mo/c2*1-4-10-16(11-5-1)19-22(20-17-12-6-2-7-13-17)21-18-14-8-3-9-15-18;4*1-2;/h2*1-15H;4*1H2;. The van der Waals surface area contributed by atoms with Crippen molar-refractivity contribution in [2.75, 3.05) is 0 Å². The number of hydrogen-bond acceptors (Lipinski definition) is 10. The summed E-state index contributed by atoms with van der Waals surface area (Å²) in [5, 5.41) is 0. The minimum atomic E-state index is -1.59. The predicted molar refractivity (Wildman–Crippen MR) is 205 cm³/mol. The summed E-state index contributed by atoms with van der Waals surface area (Å²) in [4.78, 5) is 32.0. The van der Waals surface area contributed by atoms with Gasteiger partial charge in [-0.05, 0) is 72.8 Å².